The first-order chi connectivity index (χ1) is 16.2. The molecule has 0 radical (unpaired) electrons. The number of benzene rings is 2. The van der Waals surface area contributed by atoms with E-state index >= 15 is 0 Å². The summed E-state index contributed by atoms with van der Waals surface area (Å²) in [7, 11) is -3.97. The number of halogens is 4. The van der Waals surface area contributed by atoms with Crippen molar-refractivity contribution in [2.75, 3.05) is 23.7 Å². The van der Waals surface area contributed by atoms with Crippen molar-refractivity contribution < 1.29 is 22.4 Å². The van der Waals surface area contributed by atoms with E-state index < -0.39 is 40.2 Å². The summed E-state index contributed by atoms with van der Waals surface area (Å²) in [6.45, 7) is 5.08. The van der Waals surface area contributed by atoms with Gasteiger partial charge in [-0.2, -0.15) is 0 Å². The summed E-state index contributed by atoms with van der Waals surface area (Å²) in [4.78, 5) is 27.5. The molecule has 0 saturated heterocycles. The lowest BCUT2D eigenvalue weighted by molar-refractivity contribution is -0.139. The first-order valence-corrected chi connectivity index (χ1v) is 13.6. The van der Waals surface area contributed by atoms with Gasteiger partial charge in [-0.25, -0.2) is 12.8 Å². The number of amides is 2. The minimum atomic E-state index is -3.97. The second-order valence-corrected chi connectivity index (χ2v) is 11.6. The molecule has 35 heavy (non-hydrogen) atoms. The average Bonchev–Trinajstić information content (AvgIpc) is 2.75. The number of carbonyl (C=O) groups excluding carboxylic acids is 2. The Labute approximate surface area is 220 Å². The summed E-state index contributed by atoms with van der Waals surface area (Å²) in [6.07, 6.45) is 0.913. The van der Waals surface area contributed by atoms with E-state index in [0.717, 1.165) is 22.7 Å². The van der Waals surface area contributed by atoms with Gasteiger partial charge in [0.25, 0.3) is 0 Å². The number of sulfonamides is 1. The Morgan fingerprint density at radius 1 is 1.03 bits per heavy atom. The van der Waals surface area contributed by atoms with Crippen molar-refractivity contribution in [3.8, 4) is 0 Å². The maximum Gasteiger partial charge on any atom is 0.244 e. The topological polar surface area (TPSA) is 86.8 Å². The van der Waals surface area contributed by atoms with Crippen LogP contribution >= 0.6 is 34.8 Å². The van der Waals surface area contributed by atoms with Gasteiger partial charge in [-0.15, -0.1) is 0 Å². The van der Waals surface area contributed by atoms with E-state index in [-0.39, 0.29) is 28.2 Å². The number of nitrogens with zero attached hydrogens (tertiary/aromatic N) is 2. The zero-order valence-electron chi connectivity index (χ0n) is 19.7. The molecule has 0 heterocycles. The summed E-state index contributed by atoms with van der Waals surface area (Å²) in [5, 5.41) is 3.17. The summed E-state index contributed by atoms with van der Waals surface area (Å²) >= 11 is 18.1. The van der Waals surface area contributed by atoms with Crippen LogP contribution in [0.4, 0.5) is 10.1 Å². The van der Waals surface area contributed by atoms with Crippen LogP contribution in [-0.2, 0) is 26.2 Å². The fourth-order valence-electron chi connectivity index (χ4n) is 3.12. The Hall–Kier alpha value is -2.07. The van der Waals surface area contributed by atoms with Crippen molar-refractivity contribution in [1.82, 2.24) is 10.2 Å². The van der Waals surface area contributed by atoms with Crippen molar-refractivity contribution in [3.63, 3.8) is 0 Å². The van der Waals surface area contributed by atoms with Crippen LogP contribution in [0.25, 0.3) is 0 Å². The zero-order chi connectivity index (χ0) is 26.5. The third-order valence-corrected chi connectivity index (χ3v) is 7.10. The Bertz CT molecular complexity index is 1190. The normalized spacial score (nSPS) is 12.4. The molecule has 2 rings (SSSR count). The molecule has 0 aromatic heterocycles. The lowest BCUT2D eigenvalue weighted by Gasteiger charge is -2.32. The number of rotatable bonds is 10. The highest BCUT2D eigenvalue weighted by molar-refractivity contribution is 7.92. The Morgan fingerprint density at radius 3 is 2.23 bits per heavy atom. The molecule has 1 N–H and O–H groups in total. The summed E-state index contributed by atoms with van der Waals surface area (Å²) in [5.41, 5.74) is 0.525. The molecule has 2 aromatic carbocycles. The first-order valence-electron chi connectivity index (χ1n) is 10.6. The summed E-state index contributed by atoms with van der Waals surface area (Å²) < 4.78 is 39.5. The monoisotopic (exact) mass is 565 g/mol. The molecular weight excluding hydrogens is 540 g/mol. The first kappa shape index (κ1) is 29.2. The lowest BCUT2D eigenvalue weighted by Crippen LogP contribution is -2.51. The predicted molar refractivity (Wildman–Crippen MR) is 138 cm³/mol. The Balaban J connectivity index is 2.42. The molecule has 0 aliphatic heterocycles. The van der Waals surface area contributed by atoms with Crippen LogP contribution in [0.3, 0.4) is 0 Å². The van der Waals surface area contributed by atoms with Gasteiger partial charge in [0.1, 0.15) is 18.4 Å². The maximum atomic E-state index is 13.6. The molecule has 0 aliphatic carbocycles. The highest BCUT2D eigenvalue weighted by atomic mass is 35.5. The van der Waals surface area contributed by atoms with E-state index in [4.69, 9.17) is 34.8 Å². The average molecular weight is 567 g/mol. The summed E-state index contributed by atoms with van der Waals surface area (Å²) in [6, 6.07) is 7.10. The second kappa shape index (κ2) is 12.3. The molecular formula is C23H27Cl3FN3O4S. The smallest absolute Gasteiger partial charge is 0.244 e. The van der Waals surface area contributed by atoms with Crippen molar-refractivity contribution in [2.24, 2.45) is 5.92 Å². The predicted octanol–water partition coefficient (Wildman–Crippen LogP) is 4.74. The van der Waals surface area contributed by atoms with E-state index in [1.54, 1.807) is 12.1 Å². The fraction of sp³-hybridized carbons (Fsp3) is 0.391. The number of nitrogens with one attached hydrogen (secondary N) is 1. The van der Waals surface area contributed by atoms with Crippen LogP contribution in [0, 0.1) is 11.7 Å². The van der Waals surface area contributed by atoms with Gasteiger partial charge in [-0.05, 0) is 48.7 Å². The largest absolute Gasteiger partial charge is 0.354 e. The van der Waals surface area contributed by atoms with Crippen molar-refractivity contribution in [2.45, 2.75) is 33.4 Å². The van der Waals surface area contributed by atoms with E-state index in [9.17, 15) is 22.4 Å². The van der Waals surface area contributed by atoms with Crippen molar-refractivity contribution in [1.29, 1.82) is 0 Å². The number of hydrogen-bond acceptors (Lipinski definition) is 4. The maximum absolute atomic E-state index is 13.6. The van der Waals surface area contributed by atoms with Gasteiger partial charge in [0.05, 0.1) is 17.0 Å². The molecule has 192 valence electrons. The van der Waals surface area contributed by atoms with Crippen LogP contribution in [0.15, 0.2) is 36.4 Å². The highest BCUT2D eigenvalue weighted by Gasteiger charge is 2.30. The van der Waals surface area contributed by atoms with Gasteiger partial charge >= 0.3 is 0 Å². The van der Waals surface area contributed by atoms with Crippen molar-refractivity contribution in [3.05, 3.63) is 62.8 Å². The van der Waals surface area contributed by atoms with Gasteiger partial charge in [-0.1, -0.05) is 54.7 Å². The van der Waals surface area contributed by atoms with Gasteiger partial charge < -0.3 is 10.2 Å². The highest BCUT2D eigenvalue weighted by Crippen LogP contribution is 2.26. The van der Waals surface area contributed by atoms with Crippen LogP contribution in [0.5, 0.6) is 0 Å². The molecule has 2 aromatic rings. The number of hydrogen-bond donors (Lipinski definition) is 1. The van der Waals surface area contributed by atoms with Crippen molar-refractivity contribution >= 4 is 62.3 Å². The molecule has 0 bridgehead atoms. The van der Waals surface area contributed by atoms with Gasteiger partial charge in [0.15, 0.2) is 0 Å². The molecule has 1 atom stereocenters. The van der Waals surface area contributed by atoms with E-state index in [2.05, 4.69) is 5.32 Å². The van der Waals surface area contributed by atoms with Crippen LogP contribution in [0.1, 0.15) is 26.3 Å². The van der Waals surface area contributed by atoms with Gasteiger partial charge in [0.2, 0.25) is 21.8 Å². The molecule has 0 saturated carbocycles. The Morgan fingerprint density at radius 2 is 1.69 bits per heavy atom. The van der Waals surface area contributed by atoms with E-state index in [1.165, 1.54) is 24.0 Å². The van der Waals surface area contributed by atoms with E-state index in [1.807, 2.05) is 13.8 Å². The number of anilines is 1. The zero-order valence-corrected chi connectivity index (χ0v) is 22.8. The van der Waals surface area contributed by atoms with E-state index in [0.29, 0.717) is 17.1 Å². The number of carbonyl (C=O) groups is 2. The quantitative estimate of drug-likeness (QED) is 0.450. The standard InChI is InChI=1S/C23H27Cl3FN3O4S/c1-14(2)11-28-23(32)15(3)29(12-16-5-6-17(24)9-19(16)25)22(31)13-30(35(4,33)34)18-7-8-21(27)20(26)10-18/h5-10,14-15H,11-13H2,1-4H3,(H,28,32)/t15-/m1/s1. The second-order valence-electron chi connectivity index (χ2n) is 8.44. The third-order valence-electron chi connectivity index (χ3n) is 5.08. The molecule has 12 heteroatoms. The SMILES string of the molecule is CC(C)CNC(=O)[C@@H](C)N(Cc1ccc(Cl)cc1Cl)C(=O)CN(c1ccc(F)c(Cl)c1)S(C)(=O)=O. The minimum Gasteiger partial charge on any atom is -0.354 e. The molecule has 0 fully saturated rings. The van der Waals surface area contributed by atoms with Gasteiger partial charge in [0, 0.05) is 23.1 Å². The Kier molecular flexibility index (Phi) is 10.2. The molecule has 7 nitrogen and oxygen atoms in total. The molecule has 2 amide bonds. The van der Waals surface area contributed by atoms with Crippen LogP contribution in [0.2, 0.25) is 15.1 Å². The van der Waals surface area contributed by atoms with Crippen LogP contribution < -0.4 is 9.62 Å². The molecule has 0 unspecified atom stereocenters. The fourth-order valence-corrected chi connectivity index (χ4v) is 4.61. The van der Waals surface area contributed by atoms with Gasteiger partial charge in [-0.3, -0.25) is 13.9 Å². The molecule has 0 aliphatic rings. The van der Waals surface area contributed by atoms with Crippen LogP contribution in [-0.4, -0.2) is 50.5 Å². The lowest BCUT2D eigenvalue weighted by atomic mass is 10.1. The summed E-state index contributed by atoms with van der Waals surface area (Å²) in [5.74, 6) is -1.63. The minimum absolute atomic E-state index is 0.00800. The third kappa shape index (κ3) is 8.24. The molecule has 0 spiro atoms.